The SMILES string of the molecule is O=C1OCC(c2ccc(F)cc2F)=C1c1ccc(Cl)c(Cl)c1. The average Bonchev–Trinajstić information content (AvgIpc) is 2.84. The quantitative estimate of drug-likeness (QED) is 0.738. The minimum atomic E-state index is -0.758. The summed E-state index contributed by atoms with van der Waals surface area (Å²) in [5, 5.41) is 0.609. The van der Waals surface area contributed by atoms with Crippen molar-refractivity contribution < 1.29 is 18.3 Å². The first-order valence-electron chi connectivity index (χ1n) is 6.28. The van der Waals surface area contributed by atoms with Crippen LogP contribution in [0.3, 0.4) is 0 Å². The third-order valence-corrected chi connectivity index (χ3v) is 4.06. The smallest absolute Gasteiger partial charge is 0.339 e. The van der Waals surface area contributed by atoms with Crippen LogP contribution in [0.2, 0.25) is 10.0 Å². The Hall–Kier alpha value is -1.91. The lowest BCUT2D eigenvalue weighted by Crippen LogP contribution is -1.98. The third-order valence-electron chi connectivity index (χ3n) is 3.32. The molecule has 22 heavy (non-hydrogen) atoms. The second-order valence-corrected chi connectivity index (χ2v) is 5.50. The summed E-state index contributed by atoms with van der Waals surface area (Å²) in [6, 6.07) is 7.80. The molecule has 0 aromatic heterocycles. The molecule has 112 valence electrons. The van der Waals surface area contributed by atoms with Crippen LogP contribution in [-0.2, 0) is 9.53 Å². The molecule has 2 aromatic rings. The van der Waals surface area contributed by atoms with Gasteiger partial charge in [-0.15, -0.1) is 0 Å². The molecule has 3 rings (SSSR count). The molecule has 6 heteroatoms. The predicted octanol–water partition coefficient (Wildman–Crippen LogP) is 4.74. The van der Waals surface area contributed by atoms with Gasteiger partial charge in [0.05, 0.1) is 15.6 Å². The van der Waals surface area contributed by atoms with Gasteiger partial charge >= 0.3 is 5.97 Å². The molecule has 0 saturated heterocycles. The number of hydrogen-bond donors (Lipinski definition) is 0. The average molecular weight is 341 g/mol. The molecule has 0 unspecified atom stereocenters. The Balaban J connectivity index is 2.19. The van der Waals surface area contributed by atoms with Gasteiger partial charge in [-0.05, 0) is 29.8 Å². The Bertz CT molecular complexity index is 816. The lowest BCUT2D eigenvalue weighted by Gasteiger charge is -2.07. The van der Waals surface area contributed by atoms with Crippen LogP contribution in [0.1, 0.15) is 11.1 Å². The van der Waals surface area contributed by atoms with Crippen molar-refractivity contribution in [1.82, 2.24) is 0 Å². The minimum Gasteiger partial charge on any atom is -0.457 e. The van der Waals surface area contributed by atoms with Crippen LogP contribution in [0.5, 0.6) is 0 Å². The first-order valence-corrected chi connectivity index (χ1v) is 7.04. The van der Waals surface area contributed by atoms with E-state index in [4.69, 9.17) is 27.9 Å². The van der Waals surface area contributed by atoms with E-state index in [1.54, 1.807) is 6.07 Å². The number of esters is 1. The first kappa shape index (κ1) is 15.0. The van der Waals surface area contributed by atoms with Gasteiger partial charge in [-0.2, -0.15) is 0 Å². The van der Waals surface area contributed by atoms with E-state index < -0.39 is 17.6 Å². The lowest BCUT2D eigenvalue weighted by atomic mass is 9.96. The molecule has 0 radical (unpaired) electrons. The van der Waals surface area contributed by atoms with Crippen molar-refractivity contribution in [2.75, 3.05) is 6.61 Å². The molecule has 0 aliphatic carbocycles. The van der Waals surface area contributed by atoms with Gasteiger partial charge in [0, 0.05) is 17.2 Å². The van der Waals surface area contributed by atoms with E-state index in [2.05, 4.69) is 0 Å². The van der Waals surface area contributed by atoms with Crippen LogP contribution in [0, 0.1) is 11.6 Å². The largest absolute Gasteiger partial charge is 0.457 e. The molecule has 1 heterocycles. The second-order valence-electron chi connectivity index (χ2n) is 4.68. The summed E-state index contributed by atoms with van der Waals surface area (Å²) < 4.78 is 32.0. The van der Waals surface area contributed by atoms with Crippen LogP contribution in [-0.4, -0.2) is 12.6 Å². The normalized spacial score (nSPS) is 14.5. The molecule has 0 fully saturated rings. The van der Waals surface area contributed by atoms with E-state index in [9.17, 15) is 13.6 Å². The number of benzene rings is 2. The van der Waals surface area contributed by atoms with Gasteiger partial charge in [-0.25, -0.2) is 13.6 Å². The van der Waals surface area contributed by atoms with Crippen molar-refractivity contribution in [2.45, 2.75) is 0 Å². The van der Waals surface area contributed by atoms with Crippen molar-refractivity contribution in [3.05, 3.63) is 69.2 Å². The number of halogens is 4. The Labute approximate surface area is 134 Å². The highest BCUT2D eigenvalue weighted by atomic mass is 35.5. The zero-order chi connectivity index (χ0) is 15.9. The molecule has 2 nitrogen and oxygen atoms in total. The summed E-state index contributed by atoms with van der Waals surface area (Å²) in [6.07, 6.45) is 0. The van der Waals surface area contributed by atoms with Crippen molar-refractivity contribution in [2.24, 2.45) is 0 Å². The topological polar surface area (TPSA) is 26.3 Å². The molecule has 0 atom stereocenters. The van der Waals surface area contributed by atoms with Crippen LogP contribution in [0.15, 0.2) is 36.4 Å². The maximum absolute atomic E-state index is 14.0. The monoisotopic (exact) mass is 340 g/mol. The highest BCUT2D eigenvalue weighted by Gasteiger charge is 2.29. The van der Waals surface area contributed by atoms with Gasteiger partial charge in [0.2, 0.25) is 0 Å². The number of hydrogen-bond acceptors (Lipinski definition) is 2. The van der Waals surface area contributed by atoms with Crippen LogP contribution in [0.25, 0.3) is 11.1 Å². The maximum Gasteiger partial charge on any atom is 0.339 e. The molecule has 0 spiro atoms. The number of ether oxygens (including phenoxy) is 1. The second kappa shape index (κ2) is 5.71. The molecular formula is C16H8Cl2F2O2. The van der Waals surface area contributed by atoms with E-state index >= 15 is 0 Å². The number of carbonyl (C=O) groups is 1. The van der Waals surface area contributed by atoms with E-state index in [1.807, 2.05) is 0 Å². The maximum atomic E-state index is 14.0. The van der Waals surface area contributed by atoms with Gasteiger partial charge in [-0.3, -0.25) is 0 Å². The summed E-state index contributed by atoms with van der Waals surface area (Å²) in [6.45, 7) is -0.0863. The summed E-state index contributed by atoms with van der Waals surface area (Å²) in [5.74, 6) is -2.04. The van der Waals surface area contributed by atoms with Gasteiger partial charge < -0.3 is 4.74 Å². The zero-order valence-electron chi connectivity index (χ0n) is 11.0. The summed E-state index contributed by atoms with van der Waals surface area (Å²) in [4.78, 5) is 12.0. The van der Waals surface area contributed by atoms with Crippen LogP contribution >= 0.6 is 23.2 Å². The number of carbonyl (C=O) groups excluding carboxylic acids is 1. The fourth-order valence-electron chi connectivity index (χ4n) is 2.30. The summed E-state index contributed by atoms with van der Waals surface area (Å²) in [5.41, 5.74) is 1.13. The Morgan fingerprint density at radius 3 is 2.45 bits per heavy atom. The summed E-state index contributed by atoms with van der Waals surface area (Å²) >= 11 is 11.8. The Kier molecular flexibility index (Phi) is 3.89. The minimum absolute atomic E-state index is 0.0863. The molecule has 0 saturated carbocycles. The first-order chi connectivity index (χ1) is 10.5. The van der Waals surface area contributed by atoms with Gasteiger partial charge in [0.15, 0.2) is 0 Å². The van der Waals surface area contributed by atoms with Gasteiger partial charge in [-0.1, -0.05) is 29.3 Å². The lowest BCUT2D eigenvalue weighted by molar-refractivity contribution is -0.133. The van der Waals surface area contributed by atoms with Gasteiger partial charge in [0.1, 0.15) is 18.2 Å². The van der Waals surface area contributed by atoms with E-state index in [0.29, 0.717) is 16.2 Å². The fourth-order valence-corrected chi connectivity index (χ4v) is 2.59. The Morgan fingerprint density at radius 2 is 1.77 bits per heavy atom. The molecular weight excluding hydrogens is 333 g/mol. The molecule has 1 aliphatic rings. The third kappa shape index (κ3) is 2.60. The fraction of sp³-hybridized carbons (Fsp3) is 0.0625. The zero-order valence-corrected chi connectivity index (χ0v) is 12.5. The molecule has 1 aliphatic heterocycles. The van der Waals surface area contributed by atoms with E-state index in [0.717, 1.165) is 12.1 Å². The number of cyclic esters (lactones) is 1. The van der Waals surface area contributed by atoms with Gasteiger partial charge in [0.25, 0.3) is 0 Å². The van der Waals surface area contributed by atoms with Crippen LogP contribution in [0.4, 0.5) is 8.78 Å². The molecule has 0 bridgehead atoms. The van der Waals surface area contributed by atoms with Crippen molar-refractivity contribution in [3.8, 4) is 0 Å². The van der Waals surface area contributed by atoms with E-state index in [-0.39, 0.29) is 22.8 Å². The predicted molar refractivity (Wildman–Crippen MR) is 80.6 cm³/mol. The highest BCUT2D eigenvalue weighted by Crippen LogP contribution is 2.36. The van der Waals surface area contributed by atoms with Crippen molar-refractivity contribution in [1.29, 1.82) is 0 Å². The molecule has 0 amide bonds. The van der Waals surface area contributed by atoms with Crippen molar-refractivity contribution in [3.63, 3.8) is 0 Å². The van der Waals surface area contributed by atoms with Crippen LogP contribution < -0.4 is 0 Å². The summed E-state index contributed by atoms with van der Waals surface area (Å²) in [7, 11) is 0. The molecule has 0 N–H and O–H groups in total. The highest BCUT2D eigenvalue weighted by molar-refractivity contribution is 6.42. The number of rotatable bonds is 2. The van der Waals surface area contributed by atoms with Crippen molar-refractivity contribution >= 4 is 40.3 Å². The standard InChI is InChI=1S/C16H8Cl2F2O2/c17-12-4-1-8(5-13(12)18)15-11(7-22-16(15)21)10-3-2-9(19)6-14(10)20/h1-6H,7H2. The Morgan fingerprint density at radius 1 is 1.00 bits per heavy atom. The molecule has 2 aromatic carbocycles. The van der Waals surface area contributed by atoms with E-state index in [1.165, 1.54) is 18.2 Å².